The Labute approximate surface area is 109 Å². The number of rotatable bonds is 3. The highest BCUT2D eigenvalue weighted by molar-refractivity contribution is 9.10. The summed E-state index contributed by atoms with van der Waals surface area (Å²) in [4.78, 5) is 2.25. The van der Waals surface area contributed by atoms with Gasteiger partial charge < -0.3 is 15.6 Å². The molecule has 0 bridgehead atoms. The summed E-state index contributed by atoms with van der Waals surface area (Å²) in [5.41, 5.74) is 7.88. The molecule has 4 nitrogen and oxygen atoms in total. The molecule has 0 saturated carbocycles. The molecule has 5 heteroatoms. The smallest absolute Gasteiger partial charge is 0.0933 e. The molecular formula is C12H17BrN2O2. The first-order chi connectivity index (χ1) is 8.19. The van der Waals surface area contributed by atoms with Crippen molar-refractivity contribution in [3.8, 4) is 0 Å². The number of aliphatic hydroxyl groups excluding tert-OH is 1. The van der Waals surface area contributed by atoms with Crippen LogP contribution in [-0.2, 0) is 11.3 Å². The molecule has 17 heavy (non-hydrogen) atoms. The second-order valence-electron chi connectivity index (χ2n) is 4.25. The molecule has 0 aromatic heterocycles. The fraction of sp³-hybridized carbons (Fsp3) is 0.500. The number of hydrogen-bond acceptors (Lipinski definition) is 4. The summed E-state index contributed by atoms with van der Waals surface area (Å²) in [6.45, 7) is 3.19. The molecule has 0 spiro atoms. The highest BCUT2D eigenvalue weighted by atomic mass is 79.9. The van der Waals surface area contributed by atoms with Gasteiger partial charge in [0.2, 0.25) is 0 Å². The van der Waals surface area contributed by atoms with Crippen LogP contribution >= 0.6 is 15.9 Å². The zero-order valence-corrected chi connectivity index (χ0v) is 11.2. The molecule has 94 valence electrons. The monoisotopic (exact) mass is 300 g/mol. The number of aliphatic hydroxyl groups is 1. The van der Waals surface area contributed by atoms with Crippen LogP contribution in [0.15, 0.2) is 22.7 Å². The fourth-order valence-electron chi connectivity index (χ4n) is 1.99. The molecule has 1 unspecified atom stereocenters. The topological polar surface area (TPSA) is 58.7 Å². The van der Waals surface area contributed by atoms with Crippen molar-refractivity contribution in [2.45, 2.75) is 12.6 Å². The second-order valence-corrected chi connectivity index (χ2v) is 5.17. The van der Waals surface area contributed by atoms with E-state index >= 15 is 0 Å². The Kier molecular flexibility index (Phi) is 4.39. The number of nitrogen functional groups attached to an aromatic ring is 1. The number of nitrogens with two attached hydrogens (primary N) is 1. The van der Waals surface area contributed by atoms with Gasteiger partial charge in [0.1, 0.15) is 0 Å². The normalized spacial score (nSPS) is 21.6. The first-order valence-corrected chi connectivity index (χ1v) is 6.47. The largest absolute Gasteiger partial charge is 0.398 e. The standard InChI is InChI=1S/C12H17BrN2O2/c13-10-2-1-9(12(14)5-10)6-15-3-4-17-11(7-15)8-16/h1-2,5,11,16H,3-4,6-8,14H2. The van der Waals surface area contributed by atoms with E-state index in [0.717, 1.165) is 35.4 Å². The van der Waals surface area contributed by atoms with Crippen LogP contribution in [0, 0.1) is 0 Å². The van der Waals surface area contributed by atoms with Gasteiger partial charge in [0.25, 0.3) is 0 Å². The summed E-state index contributed by atoms with van der Waals surface area (Å²) in [5, 5.41) is 9.08. The van der Waals surface area contributed by atoms with Crippen molar-refractivity contribution in [1.82, 2.24) is 4.90 Å². The van der Waals surface area contributed by atoms with Crippen molar-refractivity contribution in [3.05, 3.63) is 28.2 Å². The number of ether oxygens (including phenoxy) is 1. The predicted octanol–water partition coefficient (Wildman–Crippen LogP) is 1.22. The minimum atomic E-state index is -0.0691. The van der Waals surface area contributed by atoms with E-state index in [-0.39, 0.29) is 12.7 Å². The van der Waals surface area contributed by atoms with E-state index in [1.807, 2.05) is 18.2 Å². The van der Waals surface area contributed by atoms with E-state index in [2.05, 4.69) is 20.8 Å². The van der Waals surface area contributed by atoms with Gasteiger partial charge in [-0.2, -0.15) is 0 Å². The van der Waals surface area contributed by atoms with Gasteiger partial charge >= 0.3 is 0 Å². The van der Waals surface area contributed by atoms with Crippen LogP contribution in [0.5, 0.6) is 0 Å². The van der Waals surface area contributed by atoms with Crippen molar-refractivity contribution in [2.75, 3.05) is 32.0 Å². The molecule has 1 aromatic carbocycles. The first-order valence-electron chi connectivity index (χ1n) is 5.68. The molecule has 1 saturated heterocycles. The van der Waals surface area contributed by atoms with Crippen molar-refractivity contribution in [3.63, 3.8) is 0 Å². The summed E-state index contributed by atoms with van der Waals surface area (Å²) in [7, 11) is 0. The molecular weight excluding hydrogens is 284 g/mol. The molecule has 0 radical (unpaired) electrons. The Morgan fingerprint density at radius 2 is 2.35 bits per heavy atom. The average molecular weight is 301 g/mol. The minimum absolute atomic E-state index is 0.0691. The Balaban J connectivity index is 2.00. The molecule has 1 aliphatic heterocycles. The van der Waals surface area contributed by atoms with Gasteiger partial charge in [-0.1, -0.05) is 22.0 Å². The molecule has 1 aromatic rings. The molecule has 1 atom stereocenters. The molecule has 1 aliphatic rings. The van der Waals surface area contributed by atoms with E-state index in [1.54, 1.807) is 0 Å². The number of hydrogen-bond donors (Lipinski definition) is 2. The average Bonchev–Trinajstić information content (AvgIpc) is 2.33. The van der Waals surface area contributed by atoms with Gasteiger partial charge in [0.15, 0.2) is 0 Å². The SMILES string of the molecule is Nc1cc(Br)ccc1CN1CCOC(CO)C1. The van der Waals surface area contributed by atoms with Gasteiger partial charge in [-0.25, -0.2) is 0 Å². The highest BCUT2D eigenvalue weighted by Crippen LogP contribution is 2.20. The number of anilines is 1. The maximum absolute atomic E-state index is 9.08. The maximum Gasteiger partial charge on any atom is 0.0933 e. The van der Waals surface area contributed by atoms with Crippen LogP contribution in [0.2, 0.25) is 0 Å². The van der Waals surface area contributed by atoms with E-state index in [4.69, 9.17) is 15.6 Å². The summed E-state index contributed by atoms with van der Waals surface area (Å²) < 4.78 is 6.41. The quantitative estimate of drug-likeness (QED) is 0.824. The third-order valence-electron chi connectivity index (χ3n) is 2.93. The molecule has 0 amide bonds. The van der Waals surface area contributed by atoms with E-state index in [9.17, 15) is 0 Å². The van der Waals surface area contributed by atoms with E-state index < -0.39 is 0 Å². The zero-order chi connectivity index (χ0) is 12.3. The maximum atomic E-state index is 9.08. The summed E-state index contributed by atoms with van der Waals surface area (Å²) in [6, 6.07) is 5.94. The third-order valence-corrected chi connectivity index (χ3v) is 3.42. The van der Waals surface area contributed by atoms with Gasteiger partial charge in [-0.3, -0.25) is 4.90 Å². The lowest BCUT2D eigenvalue weighted by Crippen LogP contribution is -2.43. The van der Waals surface area contributed by atoms with Crippen molar-refractivity contribution >= 4 is 21.6 Å². The van der Waals surface area contributed by atoms with Gasteiger partial charge in [0, 0.05) is 29.8 Å². The molecule has 1 fully saturated rings. The molecule has 3 N–H and O–H groups in total. The Hall–Kier alpha value is -0.620. The van der Waals surface area contributed by atoms with Gasteiger partial charge in [-0.05, 0) is 17.7 Å². The van der Waals surface area contributed by atoms with E-state index in [1.165, 1.54) is 0 Å². The first kappa shape index (κ1) is 12.8. The summed E-state index contributed by atoms with van der Waals surface area (Å²) >= 11 is 3.40. The number of morpholine rings is 1. The van der Waals surface area contributed by atoms with Crippen LogP contribution in [0.4, 0.5) is 5.69 Å². The van der Waals surface area contributed by atoms with E-state index in [0.29, 0.717) is 6.61 Å². The van der Waals surface area contributed by atoms with Crippen LogP contribution in [0.3, 0.4) is 0 Å². The lowest BCUT2D eigenvalue weighted by Gasteiger charge is -2.32. The lowest BCUT2D eigenvalue weighted by molar-refractivity contribution is -0.0550. The van der Waals surface area contributed by atoms with Gasteiger partial charge in [0.05, 0.1) is 19.3 Å². The summed E-state index contributed by atoms with van der Waals surface area (Å²) in [5.74, 6) is 0. The number of benzene rings is 1. The number of nitrogens with zero attached hydrogens (tertiary/aromatic N) is 1. The third kappa shape index (κ3) is 3.42. The number of halogens is 1. The Morgan fingerprint density at radius 1 is 1.53 bits per heavy atom. The van der Waals surface area contributed by atoms with Gasteiger partial charge in [-0.15, -0.1) is 0 Å². The lowest BCUT2D eigenvalue weighted by atomic mass is 10.1. The van der Waals surface area contributed by atoms with Crippen LogP contribution < -0.4 is 5.73 Å². The van der Waals surface area contributed by atoms with Crippen molar-refractivity contribution in [2.24, 2.45) is 0 Å². The predicted molar refractivity (Wildman–Crippen MR) is 70.7 cm³/mol. The molecule has 2 rings (SSSR count). The van der Waals surface area contributed by atoms with Crippen molar-refractivity contribution < 1.29 is 9.84 Å². The van der Waals surface area contributed by atoms with Crippen molar-refractivity contribution in [1.29, 1.82) is 0 Å². The Morgan fingerprint density at radius 3 is 3.06 bits per heavy atom. The Bertz CT molecular complexity index is 387. The van der Waals surface area contributed by atoms with Crippen LogP contribution in [0.25, 0.3) is 0 Å². The molecule has 1 heterocycles. The minimum Gasteiger partial charge on any atom is -0.398 e. The molecule has 0 aliphatic carbocycles. The van der Waals surface area contributed by atoms with Crippen LogP contribution in [-0.4, -0.2) is 42.4 Å². The van der Waals surface area contributed by atoms with Crippen LogP contribution in [0.1, 0.15) is 5.56 Å². The second kappa shape index (κ2) is 5.82. The summed E-state index contributed by atoms with van der Waals surface area (Å²) in [6.07, 6.45) is -0.0691. The highest BCUT2D eigenvalue weighted by Gasteiger charge is 2.20. The zero-order valence-electron chi connectivity index (χ0n) is 9.60. The fourth-order valence-corrected chi connectivity index (χ4v) is 2.36.